The third-order valence-electron chi connectivity index (χ3n) is 5.71. The molecule has 5 nitrogen and oxygen atoms in total. The first-order chi connectivity index (χ1) is 15.1. The fraction of sp³-hybridized carbons (Fsp3) is 0.250. The summed E-state index contributed by atoms with van der Waals surface area (Å²) in [6, 6.07) is 20.2. The Balaban J connectivity index is 1.57. The monoisotopic (exact) mass is 450 g/mol. The van der Waals surface area contributed by atoms with E-state index < -0.39 is 0 Å². The van der Waals surface area contributed by atoms with E-state index in [2.05, 4.69) is 40.6 Å². The van der Waals surface area contributed by atoms with Gasteiger partial charge in [-0.1, -0.05) is 17.7 Å². The molecule has 0 radical (unpaired) electrons. The third-order valence-corrected chi connectivity index (χ3v) is 6.87. The van der Waals surface area contributed by atoms with Crippen LogP contribution in [0.5, 0.6) is 0 Å². The predicted octanol–water partition coefficient (Wildman–Crippen LogP) is 5.93. The number of ketones is 1. The lowest BCUT2D eigenvalue weighted by molar-refractivity contribution is -0.111. The van der Waals surface area contributed by atoms with Gasteiger partial charge in [-0.15, -0.1) is 16.4 Å². The lowest BCUT2D eigenvalue weighted by Gasteiger charge is -2.31. The van der Waals surface area contributed by atoms with Crippen LogP contribution in [-0.4, -0.2) is 24.7 Å². The maximum Gasteiger partial charge on any atom is 0.198 e. The summed E-state index contributed by atoms with van der Waals surface area (Å²) >= 11 is 7.76. The Morgan fingerprint density at radius 3 is 2.23 bits per heavy atom. The second kappa shape index (κ2) is 8.36. The average molecular weight is 451 g/mol. The van der Waals surface area contributed by atoms with Gasteiger partial charge in [-0.2, -0.15) is 0 Å². The van der Waals surface area contributed by atoms with Gasteiger partial charge in [0, 0.05) is 41.3 Å². The number of benzene rings is 2. The summed E-state index contributed by atoms with van der Waals surface area (Å²) in [5.74, 6) is 0.365. The molecule has 1 unspecified atom stereocenters. The summed E-state index contributed by atoms with van der Waals surface area (Å²) in [7, 11) is 0. The summed E-state index contributed by atoms with van der Waals surface area (Å²) in [6.07, 6.45) is 2.24. The van der Waals surface area contributed by atoms with Gasteiger partial charge in [0.1, 0.15) is 0 Å². The zero-order valence-corrected chi connectivity index (χ0v) is 18.8. The highest BCUT2D eigenvalue weighted by molar-refractivity contribution is 7.10. The van der Waals surface area contributed by atoms with Gasteiger partial charge in [-0.25, -0.2) is 5.01 Å². The van der Waals surface area contributed by atoms with Gasteiger partial charge in [0.05, 0.1) is 5.69 Å². The number of anilines is 3. The average Bonchev–Trinajstić information content (AvgIpc) is 3.54. The van der Waals surface area contributed by atoms with E-state index in [-0.39, 0.29) is 11.9 Å². The van der Waals surface area contributed by atoms with Gasteiger partial charge in [0.2, 0.25) is 0 Å². The SMILES string of the molecule is CC(=O)C1=NN(c2ccc(Cl)cc2)C(c2cccs2)N1c1ccc(N2CCCC2)cc1. The fourth-order valence-corrected chi connectivity index (χ4v) is 5.14. The third kappa shape index (κ3) is 3.82. The molecule has 0 spiro atoms. The number of Topliss-reactive ketones (excluding diaryl/α,β-unsaturated/α-hetero) is 1. The molecule has 2 aliphatic heterocycles. The van der Waals surface area contributed by atoms with Gasteiger partial charge in [-0.05, 0) is 72.8 Å². The van der Waals surface area contributed by atoms with Crippen LogP contribution in [0.15, 0.2) is 71.1 Å². The van der Waals surface area contributed by atoms with Gasteiger partial charge in [-0.3, -0.25) is 9.69 Å². The van der Waals surface area contributed by atoms with Crippen LogP contribution in [0.4, 0.5) is 17.1 Å². The van der Waals surface area contributed by atoms with Crippen molar-refractivity contribution in [1.82, 2.24) is 0 Å². The van der Waals surface area contributed by atoms with Crippen molar-refractivity contribution in [2.75, 3.05) is 27.9 Å². The standard InChI is InChI=1S/C24H23ClN4OS/c1-17(30)23-26-29(21-8-6-18(25)7-9-21)24(22-5-4-16-31-22)28(23)20-12-10-19(11-13-20)27-14-2-3-15-27/h4-13,16,24H,2-3,14-15H2,1H3. The van der Waals surface area contributed by atoms with Crippen LogP contribution in [0.25, 0.3) is 0 Å². The van der Waals surface area contributed by atoms with Crippen LogP contribution in [-0.2, 0) is 4.79 Å². The first kappa shape index (κ1) is 20.1. The molecule has 158 valence electrons. The number of amidine groups is 1. The van der Waals surface area contributed by atoms with Crippen molar-refractivity contribution in [3.05, 3.63) is 75.9 Å². The number of hydrogen-bond donors (Lipinski definition) is 0. The van der Waals surface area contributed by atoms with E-state index in [1.54, 1.807) is 18.3 Å². The molecular formula is C24H23ClN4OS. The van der Waals surface area contributed by atoms with E-state index >= 15 is 0 Å². The first-order valence-corrected chi connectivity index (χ1v) is 11.7. The lowest BCUT2D eigenvalue weighted by atomic mass is 10.2. The van der Waals surface area contributed by atoms with Crippen molar-refractivity contribution in [3.63, 3.8) is 0 Å². The highest BCUT2D eigenvalue weighted by atomic mass is 35.5. The molecular weight excluding hydrogens is 428 g/mol. The van der Waals surface area contributed by atoms with E-state index in [0.717, 1.165) is 29.3 Å². The molecule has 0 amide bonds. The van der Waals surface area contributed by atoms with Crippen LogP contribution in [0, 0.1) is 0 Å². The minimum Gasteiger partial charge on any atom is -0.372 e. The molecule has 1 atom stereocenters. The van der Waals surface area contributed by atoms with Crippen LogP contribution < -0.4 is 14.8 Å². The second-order valence-corrected chi connectivity index (χ2v) is 9.19. The van der Waals surface area contributed by atoms with Crippen LogP contribution >= 0.6 is 22.9 Å². The van der Waals surface area contributed by atoms with Crippen molar-refractivity contribution < 1.29 is 4.79 Å². The van der Waals surface area contributed by atoms with Crippen molar-refractivity contribution in [1.29, 1.82) is 0 Å². The van der Waals surface area contributed by atoms with Gasteiger partial charge >= 0.3 is 0 Å². The lowest BCUT2D eigenvalue weighted by Crippen LogP contribution is -2.37. The first-order valence-electron chi connectivity index (χ1n) is 10.4. The summed E-state index contributed by atoms with van der Waals surface area (Å²) in [6.45, 7) is 3.78. The maximum atomic E-state index is 12.6. The Kier molecular flexibility index (Phi) is 5.42. The van der Waals surface area contributed by atoms with E-state index in [9.17, 15) is 4.79 Å². The minimum absolute atomic E-state index is 0.0679. The number of nitrogens with zero attached hydrogens (tertiary/aromatic N) is 4. The summed E-state index contributed by atoms with van der Waals surface area (Å²) in [5, 5.41) is 9.39. The number of hydrogen-bond acceptors (Lipinski definition) is 6. The van der Waals surface area contributed by atoms with Crippen molar-refractivity contribution in [2.45, 2.75) is 25.9 Å². The Bertz CT molecular complexity index is 1090. The zero-order valence-electron chi connectivity index (χ0n) is 17.2. The van der Waals surface area contributed by atoms with Gasteiger partial charge < -0.3 is 4.90 Å². The Morgan fingerprint density at radius 1 is 0.968 bits per heavy atom. The fourth-order valence-electron chi connectivity index (χ4n) is 4.21. The largest absolute Gasteiger partial charge is 0.372 e. The quantitative estimate of drug-likeness (QED) is 0.483. The maximum absolute atomic E-state index is 12.6. The molecule has 0 aliphatic carbocycles. The highest BCUT2D eigenvalue weighted by Gasteiger charge is 2.39. The molecule has 0 saturated carbocycles. The summed E-state index contributed by atoms with van der Waals surface area (Å²) in [4.78, 5) is 18.2. The molecule has 0 bridgehead atoms. The number of halogens is 1. The number of rotatable bonds is 5. The molecule has 5 rings (SSSR count). The topological polar surface area (TPSA) is 39.2 Å². The van der Waals surface area contributed by atoms with Crippen molar-refractivity contribution in [3.8, 4) is 0 Å². The molecule has 2 aliphatic rings. The van der Waals surface area contributed by atoms with Gasteiger partial charge in [0.25, 0.3) is 0 Å². The normalized spacial score (nSPS) is 18.6. The van der Waals surface area contributed by atoms with E-state index in [0.29, 0.717) is 10.9 Å². The minimum atomic E-state index is -0.238. The van der Waals surface area contributed by atoms with E-state index in [1.807, 2.05) is 40.2 Å². The Labute approximate surface area is 191 Å². The van der Waals surface area contributed by atoms with Crippen LogP contribution in [0.2, 0.25) is 5.02 Å². The molecule has 7 heteroatoms. The number of hydrazone groups is 1. The molecule has 2 aromatic carbocycles. The Morgan fingerprint density at radius 2 is 1.61 bits per heavy atom. The van der Waals surface area contributed by atoms with E-state index in [4.69, 9.17) is 16.7 Å². The van der Waals surface area contributed by atoms with E-state index in [1.165, 1.54) is 18.5 Å². The highest BCUT2D eigenvalue weighted by Crippen LogP contribution is 2.41. The molecule has 3 heterocycles. The van der Waals surface area contributed by atoms with Crippen LogP contribution in [0.1, 0.15) is 30.8 Å². The van der Waals surface area contributed by atoms with Crippen molar-refractivity contribution in [2.24, 2.45) is 5.10 Å². The molecule has 0 N–H and O–H groups in total. The zero-order chi connectivity index (χ0) is 21.4. The molecule has 1 saturated heterocycles. The predicted molar refractivity (Wildman–Crippen MR) is 129 cm³/mol. The molecule has 3 aromatic rings. The number of carbonyl (C=O) groups is 1. The molecule has 31 heavy (non-hydrogen) atoms. The van der Waals surface area contributed by atoms with Crippen molar-refractivity contribution >= 4 is 51.6 Å². The van der Waals surface area contributed by atoms with Gasteiger partial charge in [0.15, 0.2) is 17.8 Å². The Hall–Kier alpha value is -2.83. The molecule has 1 fully saturated rings. The number of carbonyl (C=O) groups excluding carboxylic acids is 1. The summed E-state index contributed by atoms with van der Waals surface area (Å²) in [5.41, 5.74) is 3.06. The number of thiophene rings is 1. The second-order valence-electron chi connectivity index (χ2n) is 7.77. The molecule has 1 aromatic heterocycles. The van der Waals surface area contributed by atoms with Crippen LogP contribution in [0.3, 0.4) is 0 Å². The summed E-state index contributed by atoms with van der Waals surface area (Å²) < 4.78 is 0. The smallest absolute Gasteiger partial charge is 0.198 e.